The van der Waals surface area contributed by atoms with Gasteiger partial charge in [-0.25, -0.2) is 0 Å². The van der Waals surface area contributed by atoms with E-state index in [1.54, 1.807) is 24.3 Å². The van der Waals surface area contributed by atoms with Gasteiger partial charge in [0.05, 0.1) is 30.9 Å². The van der Waals surface area contributed by atoms with E-state index in [1.165, 1.54) is 26.4 Å². The SMILES string of the molecule is COc1cc(NC(=O)c2cc(=O)c3ccccc3o2)c(C(=O)Nc2ccc(CCNCC(C)C)cc2)cc1OC. The fourth-order valence-corrected chi connectivity index (χ4v) is 4.15. The molecular weight excluding hydrogens is 510 g/mol. The lowest BCUT2D eigenvalue weighted by Gasteiger charge is -2.16. The Bertz CT molecular complexity index is 1560. The lowest BCUT2D eigenvalue weighted by atomic mass is 10.1. The number of anilines is 2. The molecule has 1 heterocycles. The zero-order valence-electron chi connectivity index (χ0n) is 23.0. The Morgan fingerprint density at radius 2 is 1.57 bits per heavy atom. The molecule has 40 heavy (non-hydrogen) atoms. The van der Waals surface area contributed by atoms with Crippen molar-refractivity contribution in [3.8, 4) is 11.5 Å². The lowest BCUT2D eigenvalue weighted by Crippen LogP contribution is -2.22. The van der Waals surface area contributed by atoms with Gasteiger partial charge in [-0.15, -0.1) is 0 Å². The Labute approximate surface area is 232 Å². The number of hydrogen-bond donors (Lipinski definition) is 3. The zero-order chi connectivity index (χ0) is 28.6. The van der Waals surface area contributed by atoms with E-state index in [1.807, 2.05) is 24.3 Å². The summed E-state index contributed by atoms with van der Waals surface area (Å²) in [7, 11) is 2.90. The molecule has 208 valence electrons. The molecule has 0 saturated heterocycles. The number of benzene rings is 3. The molecule has 0 spiro atoms. The summed E-state index contributed by atoms with van der Waals surface area (Å²) in [4.78, 5) is 39.0. The number of hydrogen-bond acceptors (Lipinski definition) is 7. The van der Waals surface area contributed by atoms with Gasteiger partial charge in [0.1, 0.15) is 5.58 Å². The summed E-state index contributed by atoms with van der Waals surface area (Å²) in [6.07, 6.45) is 0.873. The molecular formula is C31H33N3O6. The van der Waals surface area contributed by atoms with E-state index in [-0.39, 0.29) is 28.0 Å². The third-order valence-corrected chi connectivity index (χ3v) is 6.23. The van der Waals surface area contributed by atoms with Crippen molar-refractivity contribution in [2.24, 2.45) is 5.92 Å². The summed E-state index contributed by atoms with van der Waals surface area (Å²) in [5, 5.41) is 9.33. The third kappa shape index (κ3) is 6.86. The molecule has 9 heteroatoms. The molecule has 0 atom stereocenters. The molecule has 0 aliphatic heterocycles. The Hall–Kier alpha value is -4.63. The fourth-order valence-electron chi connectivity index (χ4n) is 4.15. The minimum atomic E-state index is -0.695. The minimum absolute atomic E-state index is 0.135. The normalized spacial score (nSPS) is 10.9. The molecule has 4 aromatic rings. The predicted octanol–water partition coefficient (Wildman–Crippen LogP) is 5.10. The van der Waals surface area contributed by atoms with Crippen molar-refractivity contribution in [2.75, 3.05) is 37.9 Å². The highest BCUT2D eigenvalue weighted by molar-refractivity contribution is 6.12. The fraction of sp³-hybridized carbons (Fsp3) is 0.258. The molecule has 0 aliphatic carbocycles. The maximum absolute atomic E-state index is 13.4. The number of carbonyl (C=O) groups is 2. The minimum Gasteiger partial charge on any atom is -0.493 e. The molecule has 0 unspecified atom stereocenters. The second-order valence-corrected chi connectivity index (χ2v) is 9.68. The zero-order valence-corrected chi connectivity index (χ0v) is 23.0. The summed E-state index contributed by atoms with van der Waals surface area (Å²) < 4.78 is 16.4. The average molecular weight is 544 g/mol. The first kappa shape index (κ1) is 28.4. The van der Waals surface area contributed by atoms with E-state index < -0.39 is 11.8 Å². The van der Waals surface area contributed by atoms with Gasteiger partial charge in [0.25, 0.3) is 11.8 Å². The highest BCUT2D eigenvalue weighted by Gasteiger charge is 2.21. The van der Waals surface area contributed by atoms with Gasteiger partial charge < -0.3 is 29.8 Å². The van der Waals surface area contributed by atoms with E-state index in [2.05, 4.69) is 29.8 Å². The van der Waals surface area contributed by atoms with Crippen molar-refractivity contribution in [3.63, 3.8) is 0 Å². The molecule has 3 aromatic carbocycles. The Kier molecular flexibility index (Phi) is 9.19. The Balaban J connectivity index is 1.55. The number of ether oxygens (including phenoxy) is 2. The van der Waals surface area contributed by atoms with Crippen molar-refractivity contribution >= 4 is 34.2 Å². The second kappa shape index (κ2) is 12.9. The number of para-hydroxylation sites is 1. The number of methoxy groups -OCH3 is 2. The quantitative estimate of drug-likeness (QED) is 0.225. The topological polar surface area (TPSA) is 119 Å². The van der Waals surface area contributed by atoms with Crippen molar-refractivity contribution in [1.29, 1.82) is 0 Å². The van der Waals surface area contributed by atoms with Gasteiger partial charge in [0.15, 0.2) is 22.7 Å². The molecule has 0 saturated carbocycles. The van der Waals surface area contributed by atoms with E-state index in [0.717, 1.165) is 31.1 Å². The first-order chi connectivity index (χ1) is 19.3. The highest BCUT2D eigenvalue weighted by Crippen LogP contribution is 2.34. The summed E-state index contributed by atoms with van der Waals surface area (Å²) in [6, 6.07) is 18.3. The summed E-state index contributed by atoms with van der Waals surface area (Å²) in [5.41, 5.74) is 1.96. The van der Waals surface area contributed by atoms with Gasteiger partial charge in [-0.05, 0) is 61.3 Å². The molecule has 3 N–H and O–H groups in total. The first-order valence-corrected chi connectivity index (χ1v) is 13.0. The highest BCUT2D eigenvalue weighted by atomic mass is 16.5. The summed E-state index contributed by atoms with van der Waals surface area (Å²) in [6.45, 7) is 6.17. The Morgan fingerprint density at radius 3 is 2.27 bits per heavy atom. The summed E-state index contributed by atoms with van der Waals surface area (Å²) >= 11 is 0. The van der Waals surface area contributed by atoms with Gasteiger partial charge in [-0.3, -0.25) is 14.4 Å². The molecule has 9 nitrogen and oxygen atoms in total. The maximum Gasteiger partial charge on any atom is 0.291 e. The molecule has 0 radical (unpaired) electrons. The van der Waals surface area contributed by atoms with E-state index in [0.29, 0.717) is 28.5 Å². The molecule has 1 aromatic heterocycles. The van der Waals surface area contributed by atoms with Crippen LogP contribution < -0.4 is 30.9 Å². The maximum atomic E-state index is 13.4. The van der Waals surface area contributed by atoms with Crippen LogP contribution in [-0.4, -0.2) is 39.1 Å². The van der Waals surface area contributed by atoms with Crippen molar-refractivity contribution < 1.29 is 23.5 Å². The van der Waals surface area contributed by atoms with Crippen LogP contribution in [0, 0.1) is 5.92 Å². The molecule has 0 bridgehead atoms. The predicted molar refractivity (Wildman–Crippen MR) is 156 cm³/mol. The molecule has 0 aliphatic rings. The largest absolute Gasteiger partial charge is 0.493 e. The van der Waals surface area contributed by atoms with Gasteiger partial charge in [0, 0.05) is 17.8 Å². The standard InChI is InChI=1S/C31H33N3O6/c1-19(2)18-32-14-13-20-9-11-21(12-10-20)33-30(36)23-15-27(38-3)28(39-4)16-24(23)34-31(37)29-17-25(35)22-7-5-6-8-26(22)40-29/h5-12,15-17,19,32H,13-14,18H2,1-4H3,(H,33,36)(H,34,37). The van der Waals surface area contributed by atoms with Crippen LogP contribution in [0.15, 0.2) is 75.9 Å². The number of amides is 2. The van der Waals surface area contributed by atoms with Crippen LogP contribution in [0.5, 0.6) is 11.5 Å². The van der Waals surface area contributed by atoms with Crippen molar-refractivity contribution in [3.05, 3.63) is 93.8 Å². The van der Waals surface area contributed by atoms with Crippen LogP contribution in [0.4, 0.5) is 11.4 Å². The van der Waals surface area contributed by atoms with Crippen LogP contribution >= 0.6 is 0 Å². The van der Waals surface area contributed by atoms with E-state index >= 15 is 0 Å². The van der Waals surface area contributed by atoms with Gasteiger partial charge in [0.2, 0.25) is 0 Å². The van der Waals surface area contributed by atoms with E-state index in [9.17, 15) is 14.4 Å². The summed E-state index contributed by atoms with van der Waals surface area (Å²) in [5.74, 6) is -0.141. The van der Waals surface area contributed by atoms with Crippen LogP contribution in [0.1, 0.15) is 40.3 Å². The van der Waals surface area contributed by atoms with Crippen molar-refractivity contribution in [2.45, 2.75) is 20.3 Å². The molecule has 2 amide bonds. The number of nitrogens with one attached hydrogen (secondary N) is 3. The van der Waals surface area contributed by atoms with Crippen LogP contribution in [0.2, 0.25) is 0 Å². The van der Waals surface area contributed by atoms with Crippen LogP contribution in [0.25, 0.3) is 11.0 Å². The van der Waals surface area contributed by atoms with Crippen molar-refractivity contribution in [1.82, 2.24) is 5.32 Å². The van der Waals surface area contributed by atoms with Gasteiger partial charge in [-0.1, -0.05) is 38.1 Å². The van der Waals surface area contributed by atoms with Gasteiger partial charge in [-0.2, -0.15) is 0 Å². The first-order valence-electron chi connectivity index (χ1n) is 13.0. The monoisotopic (exact) mass is 543 g/mol. The van der Waals surface area contributed by atoms with Crippen LogP contribution in [0.3, 0.4) is 0 Å². The average Bonchev–Trinajstić information content (AvgIpc) is 2.95. The third-order valence-electron chi connectivity index (χ3n) is 6.23. The molecule has 4 rings (SSSR count). The number of carbonyl (C=O) groups excluding carboxylic acids is 2. The number of rotatable bonds is 11. The second-order valence-electron chi connectivity index (χ2n) is 9.68. The molecule has 0 fully saturated rings. The smallest absolute Gasteiger partial charge is 0.291 e. The van der Waals surface area contributed by atoms with Gasteiger partial charge >= 0.3 is 0 Å². The number of fused-ring (bicyclic) bond motifs is 1. The van der Waals surface area contributed by atoms with Crippen LogP contribution in [-0.2, 0) is 6.42 Å². The Morgan fingerprint density at radius 1 is 0.875 bits per heavy atom. The van der Waals surface area contributed by atoms with E-state index in [4.69, 9.17) is 13.9 Å². The lowest BCUT2D eigenvalue weighted by molar-refractivity contribution is 0.0997.